The Morgan fingerprint density at radius 3 is 3.14 bits per heavy atom. The van der Waals surface area contributed by atoms with Gasteiger partial charge in [-0.1, -0.05) is 5.92 Å². The van der Waals surface area contributed by atoms with Crippen LogP contribution in [-0.2, 0) is 0 Å². The fraction of sp³-hybridized carbons (Fsp3) is 0.200. The second-order valence-corrected chi connectivity index (χ2v) is 2.39. The third kappa shape index (κ3) is 2.49. The molecule has 1 aromatic rings. The van der Waals surface area contributed by atoms with Crippen LogP contribution in [0.5, 0.6) is 5.75 Å². The van der Waals surface area contributed by atoms with Gasteiger partial charge in [0.2, 0.25) is 0 Å². The van der Waals surface area contributed by atoms with Crippen LogP contribution in [0.4, 0.5) is 0 Å². The zero-order valence-electron chi connectivity index (χ0n) is 7.65. The molecule has 4 nitrogen and oxygen atoms in total. The Bertz CT molecular complexity index is 390. The fourth-order valence-electron chi connectivity index (χ4n) is 0.858. The van der Waals surface area contributed by atoms with Crippen LogP contribution < -0.4 is 4.74 Å². The zero-order chi connectivity index (χ0) is 10.4. The van der Waals surface area contributed by atoms with Crippen LogP contribution in [0.25, 0.3) is 0 Å². The molecule has 0 radical (unpaired) electrons. The van der Waals surface area contributed by atoms with E-state index < -0.39 is 5.97 Å². The summed E-state index contributed by atoms with van der Waals surface area (Å²) < 4.78 is 5.12. The molecule has 0 aliphatic heterocycles. The van der Waals surface area contributed by atoms with Crippen molar-refractivity contribution < 1.29 is 14.6 Å². The van der Waals surface area contributed by atoms with Gasteiger partial charge in [-0.15, -0.1) is 5.92 Å². The quantitative estimate of drug-likeness (QED) is 0.729. The number of aromatic nitrogens is 1. The van der Waals surface area contributed by atoms with E-state index in [1.54, 1.807) is 6.92 Å². The van der Waals surface area contributed by atoms with Crippen LogP contribution in [-0.4, -0.2) is 22.7 Å². The third-order valence-corrected chi connectivity index (χ3v) is 1.49. The van der Waals surface area contributed by atoms with E-state index in [0.717, 1.165) is 0 Å². The smallest absolute Gasteiger partial charge is 0.339 e. The molecular formula is C10H9NO3. The van der Waals surface area contributed by atoms with Gasteiger partial charge < -0.3 is 9.84 Å². The van der Waals surface area contributed by atoms with Crippen molar-refractivity contribution in [2.45, 2.75) is 6.92 Å². The topological polar surface area (TPSA) is 59.4 Å². The summed E-state index contributed by atoms with van der Waals surface area (Å²) in [5, 5.41) is 8.78. The molecule has 1 aromatic heterocycles. The lowest BCUT2D eigenvalue weighted by Gasteiger charge is -2.04. The van der Waals surface area contributed by atoms with Crippen LogP contribution in [0.1, 0.15) is 17.3 Å². The van der Waals surface area contributed by atoms with E-state index in [1.165, 1.54) is 18.5 Å². The first-order chi connectivity index (χ1) is 6.75. The molecule has 0 atom stereocenters. The maximum Gasteiger partial charge on any atom is 0.339 e. The van der Waals surface area contributed by atoms with Crippen LogP contribution in [0.2, 0.25) is 0 Å². The number of carboxylic acid groups (broad SMARTS) is 1. The van der Waals surface area contributed by atoms with E-state index >= 15 is 0 Å². The van der Waals surface area contributed by atoms with Crippen molar-refractivity contribution in [3.8, 4) is 17.6 Å². The van der Waals surface area contributed by atoms with Gasteiger partial charge in [0.1, 0.15) is 12.2 Å². The minimum absolute atomic E-state index is 0.0953. The highest BCUT2D eigenvalue weighted by atomic mass is 16.5. The number of nitrogens with zero attached hydrogens (tertiary/aromatic N) is 1. The number of hydrogen-bond donors (Lipinski definition) is 1. The molecule has 1 rings (SSSR count). The Balaban J connectivity index is 2.83. The first-order valence-corrected chi connectivity index (χ1v) is 3.95. The number of hydrogen-bond acceptors (Lipinski definition) is 3. The van der Waals surface area contributed by atoms with Crippen molar-refractivity contribution in [3.63, 3.8) is 0 Å². The van der Waals surface area contributed by atoms with E-state index in [2.05, 4.69) is 16.8 Å². The van der Waals surface area contributed by atoms with Gasteiger partial charge in [-0.25, -0.2) is 4.79 Å². The second-order valence-electron chi connectivity index (χ2n) is 2.39. The summed E-state index contributed by atoms with van der Waals surface area (Å²) >= 11 is 0. The van der Waals surface area contributed by atoms with Crippen molar-refractivity contribution in [2.24, 2.45) is 0 Å². The number of rotatable bonds is 3. The van der Waals surface area contributed by atoms with Crippen molar-refractivity contribution in [1.29, 1.82) is 0 Å². The SMILES string of the molecule is CC#CCOc1cnccc1C(=O)O. The highest BCUT2D eigenvalue weighted by Gasteiger charge is 2.09. The van der Waals surface area contributed by atoms with Gasteiger partial charge in [0.05, 0.1) is 6.20 Å². The van der Waals surface area contributed by atoms with E-state index in [1.807, 2.05) is 0 Å². The Hall–Kier alpha value is -2.02. The Kier molecular flexibility index (Phi) is 3.50. The summed E-state index contributed by atoms with van der Waals surface area (Å²) in [6.45, 7) is 1.85. The zero-order valence-corrected chi connectivity index (χ0v) is 7.65. The summed E-state index contributed by atoms with van der Waals surface area (Å²) in [5.41, 5.74) is 0.0953. The molecule has 0 amide bonds. The number of ether oxygens (including phenoxy) is 1. The molecule has 0 aliphatic rings. The summed E-state index contributed by atoms with van der Waals surface area (Å²) in [6.07, 6.45) is 2.77. The third-order valence-electron chi connectivity index (χ3n) is 1.49. The van der Waals surface area contributed by atoms with Crippen molar-refractivity contribution in [2.75, 3.05) is 6.61 Å². The average molecular weight is 191 g/mol. The molecule has 72 valence electrons. The van der Waals surface area contributed by atoms with Gasteiger partial charge in [0.25, 0.3) is 0 Å². The summed E-state index contributed by atoms with van der Waals surface area (Å²) in [7, 11) is 0. The molecule has 1 heterocycles. The lowest BCUT2D eigenvalue weighted by Crippen LogP contribution is -2.03. The van der Waals surface area contributed by atoms with Gasteiger partial charge in [-0.05, 0) is 13.0 Å². The normalized spacial score (nSPS) is 8.64. The van der Waals surface area contributed by atoms with Crippen molar-refractivity contribution >= 4 is 5.97 Å². The summed E-state index contributed by atoms with van der Waals surface area (Å²) in [6, 6.07) is 1.39. The molecule has 0 saturated carbocycles. The molecule has 1 N–H and O–H groups in total. The predicted molar refractivity (Wildman–Crippen MR) is 50.1 cm³/mol. The van der Waals surface area contributed by atoms with Gasteiger partial charge in [0.15, 0.2) is 5.75 Å². The minimum Gasteiger partial charge on any atom is -0.478 e. The molecule has 0 fully saturated rings. The van der Waals surface area contributed by atoms with Gasteiger partial charge >= 0.3 is 5.97 Å². The van der Waals surface area contributed by atoms with E-state index in [9.17, 15) is 4.79 Å². The molecule has 0 aliphatic carbocycles. The lowest BCUT2D eigenvalue weighted by molar-refractivity contribution is 0.0692. The van der Waals surface area contributed by atoms with Crippen LogP contribution in [0.3, 0.4) is 0 Å². The fourth-order valence-corrected chi connectivity index (χ4v) is 0.858. The number of carbonyl (C=O) groups is 1. The minimum atomic E-state index is -1.04. The molecule has 0 spiro atoms. The van der Waals surface area contributed by atoms with Crippen LogP contribution >= 0.6 is 0 Å². The van der Waals surface area contributed by atoms with Gasteiger partial charge in [-0.2, -0.15) is 0 Å². The molecule has 0 saturated heterocycles. The average Bonchev–Trinajstić information content (AvgIpc) is 2.19. The van der Waals surface area contributed by atoms with Crippen molar-refractivity contribution in [1.82, 2.24) is 4.98 Å². The molecule has 0 aromatic carbocycles. The lowest BCUT2D eigenvalue weighted by atomic mass is 10.2. The van der Waals surface area contributed by atoms with Crippen LogP contribution in [0.15, 0.2) is 18.5 Å². The molecule has 0 unspecified atom stereocenters. The maximum absolute atomic E-state index is 10.7. The number of pyridine rings is 1. The monoisotopic (exact) mass is 191 g/mol. The first-order valence-electron chi connectivity index (χ1n) is 3.95. The maximum atomic E-state index is 10.7. The highest BCUT2D eigenvalue weighted by molar-refractivity contribution is 5.90. The highest BCUT2D eigenvalue weighted by Crippen LogP contribution is 2.15. The van der Waals surface area contributed by atoms with E-state index in [-0.39, 0.29) is 17.9 Å². The molecule has 4 heteroatoms. The summed E-state index contributed by atoms with van der Waals surface area (Å²) in [5.74, 6) is 4.52. The van der Waals surface area contributed by atoms with Crippen LogP contribution in [0, 0.1) is 11.8 Å². The first kappa shape index (κ1) is 10.1. The number of carboxylic acids is 1. The Morgan fingerprint density at radius 2 is 2.50 bits per heavy atom. The second kappa shape index (κ2) is 4.87. The molecule has 0 bridgehead atoms. The largest absolute Gasteiger partial charge is 0.478 e. The Labute approximate surface area is 81.5 Å². The molecular weight excluding hydrogens is 182 g/mol. The summed E-state index contributed by atoms with van der Waals surface area (Å²) in [4.78, 5) is 14.5. The number of aromatic carboxylic acids is 1. The standard InChI is InChI=1S/C10H9NO3/c1-2-3-6-14-9-7-11-5-4-8(9)10(12)13/h4-5,7H,6H2,1H3,(H,12,13). The van der Waals surface area contributed by atoms with E-state index in [4.69, 9.17) is 9.84 Å². The van der Waals surface area contributed by atoms with E-state index in [0.29, 0.717) is 0 Å². The Morgan fingerprint density at radius 1 is 1.71 bits per heavy atom. The van der Waals surface area contributed by atoms with Gasteiger partial charge in [0, 0.05) is 6.20 Å². The molecule has 14 heavy (non-hydrogen) atoms. The van der Waals surface area contributed by atoms with Gasteiger partial charge in [-0.3, -0.25) is 4.98 Å². The predicted octanol–water partition coefficient (Wildman–Crippen LogP) is 1.18. The van der Waals surface area contributed by atoms with Crippen molar-refractivity contribution in [3.05, 3.63) is 24.0 Å².